The van der Waals surface area contributed by atoms with Crippen LogP contribution in [-0.2, 0) is 9.59 Å². The fraction of sp³-hybridized carbons (Fsp3) is 0. The summed E-state index contributed by atoms with van der Waals surface area (Å²) in [4.78, 5) is 32.1. The first-order valence-electron chi connectivity index (χ1n) is 10.7. The molecule has 0 aliphatic carbocycles. The van der Waals surface area contributed by atoms with E-state index in [-0.39, 0.29) is 17.2 Å². The Labute approximate surface area is 200 Å². The predicted molar refractivity (Wildman–Crippen MR) is 144 cm³/mol. The molecule has 2 atom stereocenters. The third-order valence-electron chi connectivity index (χ3n) is 5.62. The molecule has 0 saturated carbocycles. The molecule has 2 N–H and O–H groups in total. The van der Waals surface area contributed by atoms with E-state index in [2.05, 4.69) is 87.7 Å². The lowest BCUT2D eigenvalue weighted by atomic mass is 9.98. The van der Waals surface area contributed by atoms with Gasteiger partial charge in [0.2, 0.25) is 0 Å². The van der Waals surface area contributed by atoms with Gasteiger partial charge in [0.05, 0.1) is 11.9 Å². The van der Waals surface area contributed by atoms with Crippen molar-refractivity contribution in [1.29, 1.82) is 0 Å². The molecule has 2 aromatic heterocycles. The van der Waals surface area contributed by atoms with E-state index in [0.717, 1.165) is 62.3 Å². The number of nitrogens with one attached hydrogen (secondary N) is 2. The highest BCUT2D eigenvalue weighted by molar-refractivity contribution is 7.62. The lowest BCUT2D eigenvalue weighted by molar-refractivity contribution is 0.569. The topological polar surface area (TPSA) is 78.6 Å². The molecule has 0 spiro atoms. The van der Waals surface area contributed by atoms with Gasteiger partial charge < -0.3 is 9.97 Å². The van der Waals surface area contributed by atoms with E-state index >= 15 is 0 Å². The summed E-state index contributed by atoms with van der Waals surface area (Å²) in [6.45, 7) is 0. The Kier molecular flexibility index (Phi) is 6.58. The van der Waals surface area contributed by atoms with Crippen molar-refractivity contribution in [3.05, 3.63) is 91.1 Å². The summed E-state index contributed by atoms with van der Waals surface area (Å²) in [5, 5.41) is 0. The molecule has 34 heavy (non-hydrogen) atoms. The van der Waals surface area contributed by atoms with Crippen LogP contribution < -0.4 is 11.0 Å². The van der Waals surface area contributed by atoms with Gasteiger partial charge >= 0.3 is 0 Å². The maximum absolute atomic E-state index is 10.7. The van der Waals surface area contributed by atoms with E-state index in [1.165, 1.54) is 0 Å². The quantitative estimate of drug-likeness (QED) is 0.230. The summed E-state index contributed by atoms with van der Waals surface area (Å²) in [6.07, 6.45) is 1.77. The number of aromatic amines is 2. The number of nitrogens with zero attached hydrogens (tertiary/aromatic N) is 1. The van der Waals surface area contributed by atoms with Gasteiger partial charge in [-0.1, -0.05) is 72.8 Å². The van der Waals surface area contributed by atoms with Gasteiger partial charge in [0, 0.05) is 19.7 Å². The molecule has 0 fully saturated rings. The Bertz CT molecular complexity index is 1310. The van der Waals surface area contributed by atoms with Crippen LogP contribution in [0.15, 0.2) is 91.1 Å². The predicted octanol–water partition coefficient (Wildman–Crippen LogP) is 5.39. The standard InChI is InChI=1S/C27H21N3O2P2/c31-16-33-26-14-13-24(29-26)22-9-5-20(6-10-22)18-1-3-19(4-2-18)21-7-11-23(12-8-21)25-15-28-27(30-25)34-17-32/h1-17,29,33-34H,(H,28,30). The maximum Gasteiger partial charge on any atom is 0.146 e. The molecule has 0 saturated heterocycles. The van der Waals surface area contributed by atoms with Crippen LogP contribution in [-0.4, -0.2) is 27.0 Å². The average molecular weight is 481 g/mol. The first-order valence-corrected chi connectivity index (χ1v) is 12.8. The molecule has 0 radical (unpaired) electrons. The fourth-order valence-electron chi connectivity index (χ4n) is 3.85. The van der Waals surface area contributed by atoms with Gasteiger partial charge in [-0.15, -0.1) is 0 Å². The number of benzene rings is 3. The smallest absolute Gasteiger partial charge is 0.146 e. The van der Waals surface area contributed by atoms with Crippen LogP contribution in [0, 0.1) is 0 Å². The number of imidazole rings is 1. The van der Waals surface area contributed by atoms with Gasteiger partial charge in [0.15, 0.2) is 0 Å². The normalized spacial score (nSPS) is 11.5. The van der Waals surface area contributed by atoms with Crippen molar-refractivity contribution in [2.45, 2.75) is 0 Å². The summed E-state index contributed by atoms with van der Waals surface area (Å²) < 4.78 is 0. The second kappa shape index (κ2) is 10.1. The molecule has 7 heteroatoms. The van der Waals surface area contributed by atoms with Gasteiger partial charge in [-0.2, -0.15) is 0 Å². The zero-order chi connectivity index (χ0) is 23.3. The highest BCUT2D eigenvalue weighted by Crippen LogP contribution is 2.28. The van der Waals surface area contributed by atoms with E-state index in [1.807, 2.05) is 12.1 Å². The molecule has 166 valence electrons. The highest BCUT2D eigenvalue weighted by atomic mass is 31.1. The Hall–Kier alpha value is -3.65. The molecule has 5 aromatic rings. The van der Waals surface area contributed by atoms with Crippen molar-refractivity contribution >= 4 is 40.2 Å². The summed E-state index contributed by atoms with van der Waals surface area (Å²) in [5.41, 5.74) is 10.3. The molecule has 0 aliphatic rings. The third-order valence-corrected chi connectivity index (χ3v) is 6.98. The van der Waals surface area contributed by atoms with Crippen LogP contribution >= 0.6 is 17.2 Å². The second-order valence-corrected chi connectivity index (χ2v) is 9.75. The number of carbonyl (C=O) groups excluding carboxylic acids is 2. The van der Waals surface area contributed by atoms with E-state index in [4.69, 9.17) is 0 Å². The number of carbonyl (C=O) groups is 2. The number of hydrogen-bond donors (Lipinski definition) is 2. The number of H-pyrrole nitrogens is 2. The minimum Gasteiger partial charge on any atom is -0.355 e. The lowest BCUT2D eigenvalue weighted by Crippen LogP contribution is -1.97. The molecule has 2 unspecified atom stereocenters. The van der Waals surface area contributed by atoms with Crippen molar-refractivity contribution in [2.24, 2.45) is 0 Å². The van der Waals surface area contributed by atoms with Crippen molar-refractivity contribution < 1.29 is 9.59 Å². The van der Waals surface area contributed by atoms with Crippen LogP contribution in [0.25, 0.3) is 44.8 Å². The molecule has 0 aliphatic heterocycles. The van der Waals surface area contributed by atoms with Crippen LogP contribution in [0.5, 0.6) is 0 Å². The van der Waals surface area contributed by atoms with Crippen LogP contribution in [0.3, 0.4) is 0 Å². The molecule has 2 heterocycles. The fourth-order valence-corrected chi connectivity index (χ4v) is 4.82. The maximum atomic E-state index is 10.7. The van der Waals surface area contributed by atoms with Gasteiger partial charge in [-0.3, -0.25) is 9.59 Å². The first kappa shape index (κ1) is 22.2. The third kappa shape index (κ3) is 4.82. The second-order valence-electron chi connectivity index (χ2n) is 7.69. The molecular weight excluding hydrogens is 460 g/mol. The Morgan fingerprint density at radius 3 is 1.50 bits per heavy atom. The van der Waals surface area contributed by atoms with E-state index < -0.39 is 0 Å². The van der Waals surface area contributed by atoms with Crippen molar-refractivity contribution in [3.8, 4) is 44.8 Å². The van der Waals surface area contributed by atoms with Crippen molar-refractivity contribution in [2.75, 3.05) is 0 Å². The minimum absolute atomic E-state index is 0.0470. The molecule has 5 nitrogen and oxygen atoms in total. The van der Waals surface area contributed by atoms with E-state index in [0.29, 0.717) is 5.57 Å². The van der Waals surface area contributed by atoms with Crippen LogP contribution in [0.2, 0.25) is 0 Å². The van der Waals surface area contributed by atoms with Gasteiger partial charge in [0.25, 0.3) is 0 Å². The molecular formula is C27H21N3O2P2. The minimum atomic E-state index is 0.0470. The van der Waals surface area contributed by atoms with Crippen LogP contribution in [0.1, 0.15) is 0 Å². The molecule has 5 rings (SSSR count). The number of hydrogen-bond acceptors (Lipinski definition) is 3. The number of rotatable bonds is 8. The SMILES string of the molecule is O=CPc1ccc(-c2ccc(-c3ccc(-c4ccc(-c5cnc(PC=O)[nH]5)cc4)cc3)cc2)[nH]1. The van der Waals surface area contributed by atoms with Gasteiger partial charge in [-0.25, -0.2) is 4.98 Å². The zero-order valence-electron chi connectivity index (χ0n) is 18.1. The monoisotopic (exact) mass is 481 g/mol. The number of aromatic nitrogens is 3. The van der Waals surface area contributed by atoms with E-state index in [1.54, 1.807) is 6.20 Å². The molecule has 0 amide bonds. The Morgan fingerprint density at radius 1 is 0.529 bits per heavy atom. The lowest BCUT2D eigenvalue weighted by Gasteiger charge is -2.07. The summed E-state index contributed by atoms with van der Waals surface area (Å²) in [7, 11) is 0.202. The highest BCUT2D eigenvalue weighted by Gasteiger charge is 2.06. The van der Waals surface area contributed by atoms with Crippen molar-refractivity contribution in [1.82, 2.24) is 15.0 Å². The largest absolute Gasteiger partial charge is 0.355 e. The first-order chi connectivity index (χ1) is 16.7. The molecule has 3 aromatic carbocycles. The summed E-state index contributed by atoms with van der Waals surface area (Å²) in [6, 6.07) is 31.1. The summed E-state index contributed by atoms with van der Waals surface area (Å²) in [5.74, 6) is 0. The zero-order valence-corrected chi connectivity index (χ0v) is 20.1. The average Bonchev–Trinajstić information content (AvgIpc) is 3.55. The molecule has 0 bridgehead atoms. The summed E-state index contributed by atoms with van der Waals surface area (Å²) >= 11 is 0. The van der Waals surface area contributed by atoms with Crippen LogP contribution in [0.4, 0.5) is 0 Å². The van der Waals surface area contributed by atoms with Crippen molar-refractivity contribution in [3.63, 3.8) is 0 Å². The van der Waals surface area contributed by atoms with Gasteiger partial charge in [0.1, 0.15) is 17.6 Å². The van der Waals surface area contributed by atoms with E-state index in [9.17, 15) is 9.59 Å². The van der Waals surface area contributed by atoms with Gasteiger partial charge in [-0.05, 0) is 54.1 Å². The Balaban J connectivity index is 1.30. The Morgan fingerprint density at radius 2 is 1.00 bits per heavy atom.